The Kier molecular flexibility index (Phi) is 5.30. The molecule has 3 nitrogen and oxygen atoms in total. The summed E-state index contributed by atoms with van der Waals surface area (Å²) in [7, 11) is 0. The third-order valence-electron chi connectivity index (χ3n) is 2.18. The molecule has 0 aromatic carbocycles. The molecular formula is C11H21N3. The molecule has 14 heavy (non-hydrogen) atoms. The van der Waals surface area contributed by atoms with Crippen molar-refractivity contribution in [3.05, 3.63) is 18.0 Å². The van der Waals surface area contributed by atoms with Gasteiger partial charge in [-0.2, -0.15) is 5.10 Å². The van der Waals surface area contributed by atoms with Gasteiger partial charge < -0.3 is 5.32 Å². The van der Waals surface area contributed by atoms with Crippen LogP contribution in [0.2, 0.25) is 0 Å². The Hall–Kier alpha value is -0.830. The molecule has 1 N–H and O–H groups in total. The molecule has 3 heteroatoms. The second-order valence-electron chi connectivity index (χ2n) is 3.64. The Labute approximate surface area is 86.5 Å². The maximum absolute atomic E-state index is 4.28. The Bertz CT molecular complexity index is 242. The fourth-order valence-electron chi connectivity index (χ4n) is 1.38. The van der Waals surface area contributed by atoms with Crippen LogP contribution in [0.3, 0.4) is 0 Å². The molecule has 1 rings (SSSR count). The predicted molar refractivity (Wildman–Crippen MR) is 59.1 cm³/mol. The molecule has 0 aliphatic rings. The van der Waals surface area contributed by atoms with Crippen LogP contribution in [0.25, 0.3) is 0 Å². The van der Waals surface area contributed by atoms with E-state index in [-0.39, 0.29) is 0 Å². The highest BCUT2D eigenvalue weighted by atomic mass is 15.3. The number of rotatable bonds is 7. The topological polar surface area (TPSA) is 29.9 Å². The van der Waals surface area contributed by atoms with E-state index in [0.29, 0.717) is 0 Å². The van der Waals surface area contributed by atoms with Crippen LogP contribution in [0, 0.1) is 0 Å². The summed E-state index contributed by atoms with van der Waals surface area (Å²) in [5.74, 6) is 0. The van der Waals surface area contributed by atoms with Crippen molar-refractivity contribution in [1.82, 2.24) is 15.1 Å². The van der Waals surface area contributed by atoms with E-state index in [1.165, 1.54) is 18.4 Å². The summed E-state index contributed by atoms with van der Waals surface area (Å²) < 4.78 is 2.01. The second-order valence-corrected chi connectivity index (χ2v) is 3.64. The zero-order valence-electron chi connectivity index (χ0n) is 9.29. The Morgan fingerprint density at radius 2 is 2.21 bits per heavy atom. The number of unbranched alkanes of at least 4 members (excludes halogenated alkanes) is 1. The Balaban J connectivity index is 2.22. The van der Waals surface area contributed by atoms with Gasteiger partial charge in [0.2, 0.25) is 0 Å². The molecule has 0 unspecified atom stereocenters. The maximum atomic E-state index is 4.28. The lowest BCUT2D eigenvalue weighted by Crippen LogP contribution is -2.13. The third-order valence-corrected chi connectivity index (χ3v) is 2.18. The number of hydrogen-bond acceptors (Lipinski definition) is 2. The van der Waals surface area contributed by atoms with Crippen molar-refractivity contribution in [2.24, 2.45) is 0 Å². The summed E-state index contributed by atoms with van der Waals surface area (Å²) in [6, 6.07) is 0. The minimum Gasteiger partial charge on any atom is -0.313 e. The van der Waals surface area contributed by atoms with Crippen molar-refractivity contribution < 1.29 is 0 Å². The lowest BCUT2D eigenvalue weighted by molar-refractivity contribution is 0.600. The lowest BCUT2D eigenvalue weighted by atomic mass is 10.3. The number of nitrogens with one attached hydrogen (secondary N) is 1. The molecule has 0 radical (unpaired) electrons. The van der Waals surface area contributed by atoms with Gasteiger partial charge in [0.1, 0.15) is 0 Å². The van der Waals surface area contributed by atoms with Crippen LogP contribution >= 0.6 is 0 Å². The molecule has 0 aliphatic carbocycles. The average molecular weight is 195 g/mol. The van der Waals surface area contributed by atoms with Gasteiger partial charge in [-0.25, -0.2) is 0 Å². The van der Waals surface area contributed by atoms with E-state index in [1.807, 2.05) is 10.9 Å². The van der Waals surface area contributed by atoms with Gasteiger partial charge in [0.25, 0.3) is 0 Å². The van der Waals surface area contributed by atoms with Crippen molar-refractivity contribution in [2.75, 3.05) is 6.54 Å². The first-order valence-corrected chi connectivity index (χ1v) is 5.58. The number of hydrogen-bond donors (Lipinski definition) is 1. The van der Waals surface area contributed by atoms with Gasteiger partial charge in [-0.05, 0) is 19.4 Å². The van der Waals surface area contributed by atoms with Crippen LogP contribution in [-0.2, 0) is 13.1 Å². The minimum atomic E-state index is 0.948. The van der Waals surface area contributed by atoms with Gasteiger partial charge in [0.15, 0.2) is 0 Å². The molecule has 1 aromatic rings. The second kappa shape index (κ2) is 6.60. The predicted octanol–water partition coefficient (Wildman–Crippen LogP) is 2.18. The van der Waals surface area contributed by atoms with Crippen LogP contribution in [-0.4, -0.2) is 16.3 Å². The van der Waals surface area contributed by atoms with Crippen molar-refractivity contribution >= 4 is 0 Å². The Morgan fingerprint density at radius 3 is 2.93 bits per heavy atom. The van der Waals surface area contributed by atoms with Gasteiger partial charge in [-0.1, -0.05) is 20.3 Å². The van der Waals surface area contributed by atoms with E-state index >= 15 is 0 Å². The molecule has 1 heterocycles. The summed E-state index contributed by atoms with van der Waals surface area (Å²) in [6.45, 7) is 7.45. The quantitative estimate of drug-likeness (QED) is 0.676. The van der Waals surface area contributed by atoms with E-state index in [9.17, 15) is 0 Å². The van der Waals surface area contributed by atoms with Gasteiger partial charge in [0.05, 0.1) is 6.20 Å². The van der Waals surface area contributed by atoms with Crippen molar-refractivity contribution in [1.29, 1.82) is 0 Å². The highest BCUT2D eigenvalue weighted by Crippen LogP contribution is 1.98. The van der Waals surface area contributed by atoms with Crippen molar-refractivity contribution in [3.63, 3.8) is 0 Å². The normalized spacial score (nSPS) is 10.7. The van der Waals surface area contributed by atoms with E-state index < -0.39 is 0 Å². The molecule has 80 valence electrons. The van der Waals surface area contributed by atoms with Gasteiger partial charge >= 0.3 is 0 Å². The average Bonchev–Trinajstić information content (AvgIpc) is 2.61. The standard InChI is InChI=1S/C11H21N3/c1-3-5-6-12-8-11-9-13-14(10-11)7-4-2/h9-10,12H,3-8H2,1-2H3. The minimum absolute atomic E-state index is 0.948. The SMILES string of the molecule is CCCCNCc1cnn(CCC)c1. The van der Waals surface area contributed by atoms with Gasteiger partial charge in [0, 0.05) is 24.8 Å². The summed E-state index contributed by atoms with van der Waals surface area (Å²) in [5.41, 5.74) is 1.29. The highest BCUT2D eigenvalue weighted by Gasteiger charge is 1.96. The zero-order valence-corrected chi connectivity index (χ0v) is 9.29. The molecule has 0 atom stereocenters. The fraction of sp³-hybridized carbons (Fsp3) is 0.727. The summed E-state index contributed by atoms with van der Waals surface area (Å²) >= 11 is 0. The fourth-order valence-corrected chi connectivity index (χ4v) is 1.38. The van der Waals surface area contributed by atoms with E-state index in [4.69, 9.17) is 0 Å². The van der Waals surface area contributed by atoms with E-state index in [0.717, 1.165) is 26.1 Å². The first kappa shape index (κ1) is 11.2. The molecule has 0 spiro atoms. The van der Waals surface area contributed by atoms with Crippen LogP contribution in [0.4, 0.5) is 0 Å². The molecule has 0 amide bonds. The molecule has 0 bridgehead atoms. The highest BCUT2D eigenvalue weighted by molar-refractivity contribution is 5.03. The number of aryl methyl sites for hydroxylation is 1. The van der Waals surface area contributed by atoms with Gasteiger partial charge in [-0.3, -0.25) is 4.68 Å². The molecule has 0 saturated heterocycles. The van der Waals surface area contributed by atoms with E-state index in [1.54, 1.807) is 0 Å². The van der Waals surface area contributed by atoms with Crippen molar-refractivity contribution in [3.8, 4) is 0 Å². The summed E-state index contributed by atoms with van der Waals surface area (Å²) in [5, 5.41) is 7.69. The van der Waals surface area contributed by atoms with Crippen LogP contribution < -0.4 is 5.32 Å². The first-order valence-electron chi connectivity index (χ1n) is 5.58. The molecule has 0 aliphatic heterocycles. The summed E-state index contributed by atoms with van der Waals surface area (Å²) in [4.78, 5) is 0. The number of nitrogens with zero attached hydrogens (tertiary/aromatic N) is 2. The smallest absolute Gasteiger partial charge is 0.0534 e. The summed E-state index contributed by atoms with van der Waals surface area (Å²) in [6.07, 6.45) is 7.73. The molecular weight excluding hydrogens is 174 g/mol. The maximum Gasteiger partial charge on any atom is 0.0534 e. The monoisotopic (exact) mass is 195 g/mol. The van der Waals surface area contributed by atoms with Crippen LogP contribution in [0.5, 0.6) is 0 Å². The number of aromatic nitrogens is 2. The third kappa shape index (κ3) is 3.92. The zero-order chi connectivity index (χ0) is 10.2. The molecule has 0 saturated carbocycles. The van der Waals surface area contributed by atoms with Crippen molar-refractivity contribution in [2.45, 2.75) is 46.2 Å². The lowest BCUT2D eigenvalue weighted by Gasteiger charge is -2.00. The molecule has 0 fully saturated rings. The Morgan fingerprint density at radius 1 is 1.36 bits per heavy atom. The van der Waals surface area contributed by atoms with Crippen LogP contribution in [0.15, 0.2) is 12.4 Å². The first-order chi connectivity index (χ1) is 6.86. The van der Waals surface area contributed by atoms with Gasteiger partial charge in [-0.15, -0.1) is 0 Å². The molecule has 1 aromatic heterocycles. The van der Waals surface area contributed by atoms with E-state index in [2.05, 4.69) is 30.5 Å². The largest absolute Gasteiger partial charge is 0.313 e. The van der Waals surface area contributed by atoms with Crippen LogP contribution in [0.1, 0.15) is 38.7 Å².